The van der Waals surface area contributed by atoms with Crippen LogP contribution in [0.3, 0.4) is 0 Å². The first-order valence-corrected chi connectivity index (χ1v) is 5.48. The lowest BCUT2D eigenvalue weighted by atomic mass is 10.3. The molecule has 82 valence electrons. The SMILES string of the molecule is COc1ccc(N/C=C/S(=O)(=O)F)cc1. The maximum atomic E-state index is 12.0. The Morgan fingerprint density at radius 2 is 1.93 bits per heavy atom. The Hall–Kier alpha value is -1.56. The minimum absolute atomic E-state index is 0.442. The Morgan fingerprint density at radius 1 is 1.33 bits per heavy atom. The summed E-state index contributed by atoms with van der Waals surface area (Å²) in [6, 6.07) is 6.74. The van der Waals surface area contributed by atoms with Crippen LogP contribution in [0.1, 0.15) is 0 Å². The summed E-state index contributed by atoms with van der Waals surface area (Å²) in [6.45, 7) is 0. The normalized spacial score (nSPS) is 11.6. The summed E-state index contributed by atoms with van der Waals surface area (Å²) in [5.41, 5.74) is 0.635. The van der Waals surface area contributed by atoms with Gasteiger partial charge in [0.25, 0.3) is 0 Å². The summed E-state index contributed by atoms with van der Waals surface area (Å²) in [7, 11) is -3.04. The molecular weight excluding hydrogens is 221 g/mol. The summed E-state index contributed by atoms with van der Waals surface area (Å²) in [6.07, 6.45) is 1.01. The first-order valence-electron chi connectivity index (χ1n) is 4.03. The first kappa shape index (κ1) is 11.5. The van der Waals surface area contributed by atoms with Gasteiger partial charge < -0.3 is 10.1 Å². The average molecular weight is 231 g/mol. The van der Waals surface area contributed by atoms with E-state index < -0.39 is 10.2 Å². The van der Waals surface area contributed by atoms with Crippen LogP contribution in [-0.4, -0.2) is 15.5 Å². The topological polar surface area (TPSA) is 55.4 Å². The summed E-state index contributed by atoms with van der Waals surface area (Å²) in [5.74, 6) is 0.683. The second kappa shape index (κ2) is 4.79. The molecule has 0 radical (unpaired) electrons. The average Bonchev–Trinajstić information content (AvgIpc) is 2.17. The number of hydrogen-bond acceptors (Lipinski definition) is 4. The Morgan fingerprint density at radius 3 is 2.40 bits per heavy atom. The molecule has 0 unspecified atom stereocenters. The number of nitrogens with one attached hydrogen (secondary N) is 1. The first-order chi connectivity index (χ1) is 7.01. The van der Waals surface area contributed by atoms with Crippen molar-refractivity contribution >= 4 is 15.9 Å². The third kappa shape index (κ3) is 4.46. The van der Waals surface area contributed by atoms with E-state index in [-0.39, 0.29) is 0 Å². The minimum atomic E-state index is -4.57. The summed E-state index contributed by atoms with van der Waals surface area (Å²) >= 11 is 0. The zero-order chi connectivity index (χ0) is 11.3. The standard InChI is InChI=1S/C9H10FNO3S/c1-14-9-4-2-8(3-5-9)11-6-7-15(10,12)13/h2-7,11H,1H3/b7-6+. The largest absolute Gasteiger partial charge is 0.497 e. The van der Waals surface area contributed by atoms with Crippen LogP contribution in [0.5, 0.6) is 5.75 Å². The molecule has 1 N–H and O–H groups in total. The second-order valence-corrected chi connectivity index (χ2v) is 3.87. The van der Waals surface area contributed by atoms with Crippen molar-refractivity contribution in [2.24, 2.45) is 0 Å². The molecule has 4 nitrogen and oxygen atoms in total. The van der Waals surface area contributed by atoms with Crippen LogP contribution in [-0.2, 0) is 10.2 Å². The number of hydrogen-bond donors (Lipinski definition) is 1. The molecule has 0 aliphatic heterocycles. The maximum absolute atomic E-state index is 12.0. The summed E-state index contributed by atoms with van der Waals surface area (Å²) < 4.78 is 37.2. The van der Waals surface area contributed by atoms with Crippen molar-refractivity contribution < 1.29 is 17.0 Å². The van der Waals surface area contributed by atoms with Gasteiger partial charge in [0.15, 0.2) is 0 Å². The van der Waals surface area contributed by atoms with Gasteiger partial charge in [0, 0.05) is 11.9 Å². The van der Waals surface area contributed by atoms with Gasteiger partial charge in [0.1, 0.15) is 5.75 Å². The molecule has 0 aromatic heterocycles. The fraction of sp³-hybridized carbons (Fsp3) is 0.111. The van der Waals surface area contributed by atoms with Crippen molar-refractivity contribution in [3.05, 3.63) is 35.9 Å². The van der Waals surface area contributed by atoms with E-state index in [2.05, 4.69) is 5.32 Å². The molecule has 0 spiro atoms. The quantitative estimate of drug-likeness (QED) is 0.804. The smallest absolute Gasteiger partial charge is 0.326 e. The van der Waals surface area contributed by atoms with Crippen molar-refractivity contribution in [2.75, 3.05) is 12.4 Å². The van der Waals surface area contributed by atoms with Gasteiger partial charge in [-0.15, -0.1) is 3.89 Å². The number of anilines is 1. The summed E-state index contributed by atoms with van der Waals surface area (Å²) in [4.78, 5) is 0. The molecule has 15 heavy (non-hydrogen) atoms. The van der Waals surface area contributed by atoms with Gasteiger partial charge in [-0.3, -0.25) is 0 Å². The van der Waals surface area contributed by atoms with E-state index in [1.54, 1.807) is 24.3 Å². The highest BCUT2D eigenvalue weighted by Gasteiger charge is 1.97. The monoisotopic (exact) mass is 231 g/mol. The molecule has 0 fully saturated rings. The van der Waals surface area contributed by atoms with Crippen molar-refractivity contribution in [2.45, 2.75) is 0 Å². The molecule has 0 saturated carbocycles. The lowest BCUT2D eigenvalue weighted by Gasteiger charge is -2.02. The Kier molecular flexibility index (Phi) is 3.68. The second-order valence-electron chi connectivity index (χ2n) is 2.65. The third-order valence-corrected chi connectivity index (χ3v) is 2.03. The molecule has 0 saturated heterocycles. The van der Waals surface area contributed by atoms with Gasteiger partial charge in [-0.05, 0) is 24.3 Å². The zero-order valence-electron chi connectivity index (χ0n) is 7.98. The van der Waals surface area contributed by atoms with Crippen LogP contribution in [0.25, 0.3) is 0 Å². The summed E-state index contributed by atoms with van der Waals surface area (Å²) in [5, 5.41) is 3.04. The fourth-order valence-corrected chi connectivity index (χ4v) is 1.13. The van der Waals surface area contributed by atoms with E-state index in [0.29, 0.717) is 16.8 Å². The molecule has 0 atom stereocenters. The molecule has 1 aromatic carbocycles. The number of ether oxygens (including phenoxy) is 1. The van der Waals surface area contributed by atoms with E-state index in [0.717, 1.165) is 6.20 Å². The number of rotatable bonds is 4. The Bertz CT molecular complexity index is 439. The van der Waals surface area contributed by atoms with E-state index in [4.69, 9.17) is 4.74 Å². The predicted octanol–water partition coefficient (Wildman–Crippen LogP) is 1.88. The maximum Gasteiger partial charge on any atom is 0.326 e. The van der Waals surface area contributed by atoms with Gasteiger partial charge in [0.05, 0.1) is 12.5 Å². The third-order valence-electron chi connectivity index (χ3n) is 1.57. The van der Waals surface area contributed by atoms with Crippen LogP contribution in [0.15, 0.2) is 35.9 Å². The van der Waals surface area contributed by atoms with Gasteiger partial charge in [0.2, 0.25) is 0 Å². The zero-order valence-corrected chi connectivity index (χ0v) is 8.79. The Balaban J connectivity index is 2.63. The van der Waals surface area contributed by atoms with Crippen molar-refractivity contribution in [3.63, 3.8) is 0 Å². The number of methoxy groups -OCH3 is 1. The fourth-order valence-electron chi connectivity index (χ4n) is 0.899. The van der Waals surface area contributed by atoms with Crippen LogP contribution in [0.4, 0.5) is 9.57 Å². The van der Waals surface area contributed by atoms with E-state index in [1.807, 2.05) is 0 Å². The highest BCUT2D eigenvalue weighted by molar-refractivity contribution is 7.89. The van der Waals surface area contributed by atoms with Crippen molar-refractivity contribution in [1.82, 2.24) is 0 Å². The number of halogens is 1. The molecule has 1 aromatic rings. The lowest BCUT2D eigenvalue weighted by Crippen LogP contribution is -1.90. The van der Waals surface area contributed by atoms with Crippen molar-refractivity contribution in [3.8, 4) is 5.75 Å². The number of benzene rings is 1. The van der Waals surface area contributed by atoms with Gasteiger partial charge >= 0.3 is 10.2 Å². The highest BCUT2D eigenvalue weighted by Crippen LogP contribution is 2.14. The molecule has 0 heterocycles. The molecule has 0 bridgehead atoms. The Labute approximate surface area is 87.6 Å². The molecule has 0 amide bonds. The highest BCUT2D eigenvalue weighted by atomic mass is 32.3. The molecular formula is C9H10FNO3S. The predicted molar refractivity (Wildman–Crippen MR) is 55.8 cm³/mol. The van der Waals surface area contributed by atoms with Crippen LogP contribution < -0.4 is 10.1 Å². The molecule has 0 aliphatic carbocycles. The van der Waals surface area contributed by atoms with Gasteiger partial charge in [-0.1, -0.05) is 0 Å². The lowest BCUT2D eigenvalue weighted by molar-refractivity contribution is 0.415. The molecule has 1 rings (SSSR count). The van der Waals surface area contributed by atoms with Crippen LogP contribution in [0.2, 0.25) is 0 Å². The van der Waals surface area contributed by atoms with E-state index >= 15 is 0 Å². The van der Waals surface area contributed by atoms with E-state index in [1.165, 1.54) is 7.11 Å². The van der Waals surface area contributed by atoms with Gasteiger partial charge in [-0.2, -0.15) is 8.42 Å². The van der Waals surface area contributed by atoms with Crippen molar-refractivity contribution in [1.29, 1.82) is 0 Å². The van der Waals surface area contributed by atoms with Crippen LogP contribution >= 0.6 is 0 Å². The van der Waals surface area contributed by atoms with E-state index in [9.17, 15) is 12.3 Å². The molecule has 6 heteroatoms. The van der Waals surface area contributed by atoms with Gasteiger partial charge in [-0.25, -0.2) is 0 Å². The van der Waals surface area contributed by atoms with Crippen LogP contribution in [0, 0.1) is 0 Å². The minimum Gasteiger partial charge on any atom is -0.497 e. The molecule has 0 aliphatic rings.